The van der Waals surface area contributed by atoms with Gasteiger partial charge in [-0.15, -0.1) is 0 Å². The third kappa shape index (κ3) is 2.28. The number of hydrogen-bond acceptors (Lipinski definition) is 3. The maximum absolute atomic E-state index is 9.28. The van der Waals surface area contributed by atoms with Gasteiger partial charge in [0.15, 0.2) is 0 Å². The average Bonchev–Trinajstić information content (AvgIpc) is 2.95. The minimum absolute atomic E-state index is 0.188. The quantitative estimate of drug-likeness (QED) is 0.826. The summed E-state index contributed by atoms with van der Waals surface area (Å²) in [5.74, 6) is 0.527. The van der Waals surface area contributed by atoms with Crippen molar-refractivity contribution < 1.29 is 0 Å². The van der Waals surface area contributed by atoms with E-state index >= 15 is 0 Å². The van der Waals surface area contributed by atoms with Gasteiger partial charge >= 0.3 is 0 Å². The van der Waals surface area contributed by atoms with Crippen LogP contribution < -0.4 is 4.90 Å². The summed E-state index contributed by atoms with van der Waals surface area (Å²) in [4.78, 5) is 7.02. The van der Waals surface area contributed by atoms with Crippen molar-refractivity contribution in [2.75, 3.05) is 18.0 Å². The van der Waals surface area contributed by atoms with Crippen molar-refractivity contribution in [2.45, 2.75) is 46.0 Å². The van der Waals surface area contributed by atoms with Gasteiger partial charge in [-0.25, -0.2) is 0 Å². The van der Waals surface area contributed by atoms with Gasteiger partial charge < -0.3 is 4.90 Å². The normalized spacial score (nSPS) is 19.8. The van der Waals surface area contributed by atoms with Gasteiger partial charge in [0.05, 0.1) is 11.5 Å². The molecule has 0 unspecified atom stereocenters. The number of pyridine rings is 1. The lowest BCUT2D eigenvalue weighted by atomic mass is 9.75. The molecule has 0 spiro atoms. The van der Waals surface area contributed by atoms with E-state index in [2.05, 4.69) is 35.9 Å². The predicted molar refractivity (Wildman–Crippen MR) is 80.6 cm³/mol. The zero-order chi connectivity index (χ0) is 14.2. The number of hydrogen-bond donors (Lipinski definition) is 0. The number of anilines is 1. The number of aromatic nitrogens is 1. The number of fused-ring (bicyclic) bond motifs is 1. The van der Waals surface area contributed by atoms with E-state index in [1.165, 1.54) is 29.8 Å². The Labute approximate surface area is 121 Å². The molecule has 0 radical (unpaired) electrons. The summed E-state index contributed by atoms with van der Waals surface area (Å²) < 4.78 is 0. The van der Waals surface area contributed by atoms with Crippen molar-refractivity contribution in [3.63, 3.8) is 0 Å². The molecule has 0 N–H and O–H groups in total. The summed E-state index contributed by atoms with van der Waals surface area (Å²) in [6.07, 6.45) is 7.78. The molecule has 0 amide bonds. The van der Waals surface area contributed by atoms with Crippen LogP contribution >= 0.6 is 0 Å². The van der Waals surface area contributed by atoms with Gasteiger partial charge in [-0.2, -0.15) is 5.26 Å². The Bertz CT molecular complexity index is 534. The molecule has 20 heavy (non-hydrogen) atoms. The molecule has 0 aromatic carbocycles. The number of rotatable bonds is 2. The van der Waals surface area contributed by atoms with Crippen LogP contribution in [0.25, 0.3) is 0 Å². The monoisotopic (exact) mass is 269 g/mol. The van der Waals surface area contributed by atoms with Crippen LogP contribution in [0.1, 0.15) is 44.4 Å². The maximum atomic E-state index is 9.28. The van der Waals surface area contributed by atoms with Crippen molar-refractivity contribution in [2.24, 2.45) is 11.3 Å². The van der Waals surface area contributed by atoms with E-state index in [1.807, 2.05) is 6.20 Å². The van der Waals surface area contributed by atoms with Crippen molar-refractivity contribution in [1.82, 2.24) is 4.98 Å². The molecular weight excluding hydrogens is 246 g/mol. The van der Waals surface area contributed by atoms with Gasteiger partial charge in [0.2, 0.25) is 0 Å². The molecule has 1 saturated heterocycles. The topological polar surface area (TPSA) is 39.9 Å². The van der Waals surface area contributed by atoms with Gasteiger partial charge in [-0.1, -0.05) is 0 Å². The highest BCUT2D eigenvalue weighted by Gasteiger charge is 2.33. The molecular formula is C17H23N3. The Kier molecular flexibility index (Phi) is 3.41. The first kappa shape index (κ1) is 13.4. The fourth-order valence-electron chi connectivity index (χ4n) is 3.67. The standard InChI is InChI=1S/C17H23N3/c1-17(2,12-18)13-7-10-20(11-8-13)16-6-9-19-15-5-3-4-14(15)16/h6,9,13H,3-5,7-8,10-11H2,1-2H3. The lowest BCUT2D eigenvalue weighted by molar-refractivity contribution is 0.241. The largest absolute Gasteiger partial charge is 0.371 e. The second-order valence-corrected chi connectivity index (χ2v) is 6.70. The predicted octanol–water partition coefficient (Wildman–Crippen LogP) is 3.34. The third-order valence-corrected chi connectivity index (χ3v) is 5.11. The van der Waals surface area contributed by atoms with E-state index in [0.29, 0.717) is 5.92 Å². The number of nitriles is 1. The Morgan fingerprint density at radius 1 is 1.30 bits per heavy atom. The van der Waals surface area contributed by atoms with Gasteiger partial charge in [0.25, 0.3) is 0 Å². The summed E-state index contributed by atoms with van der Waals surface area (Å²) in [6.45, 7) is 6.31. The maximum Gasteiger partial charge on any atom is 0.0686 e. The third-order valence-electron chi connectivity index (χ3n) is 5.11. The van der Waals surface area contributed by atoms with Crippen LogP contribution in [-0.4, -0.2) is 18.1 Å². The summed E-state index contributed by atoms with van der Waals surface area (Å²) in [7, 11) is 0. The van der Waals surface area contributed by atoms with E-state index in [9.17, 15) is 5.26 Å². The molecule has 106 valence electrons. The van der Waals surface area contributed by atoms with Crippen LogP contribution in [0.4, 0.5) is 5.69 Å². The summed E-state index contributed by atoms with van der Waals surface area (Å²) in [5.41, 5.74) is 4.00. The molecule has 2 aliphatic rings. The van der Waals surface area contributed by atoms with Crippen LogP contribution in [-0.2, 0) is 12.8 Å². The molecule has 1 aromatic heterocycles. The molecule has 3 heteroatoms. The van der Waals surface area contributed by atoms with E-state index in [0.717, 1.165) is 32.4 Å². The number of nitrogens with zero attached hydrogens (tertiary/aromatic N) is 3. The van der Waals surface area contributed by atoms with Gasteiger partial charge in [0.1, 0.15) is 0 Å². The lowest BCUT2D eigenvalue weighted by Gasteiger charge is -2.38. The Morgan fingerprint density at radius 3 is 2.75 bits per heavy atom. The SMILES string of the molecule is CC(C)(C#N)C1CCN(c2ccnc3c2CCC3)CC1. The van der Waals surface area contributed by atoms with Crippen LogP contribution in [0.5, 0.6) is 0 Å². The minimum Gasteiger partial charge on any atom is -0.371 e. The smallest absolute Gasteiger partial charge is 0.0686 e. The molecule has 0 atom stereocenters. The van der Waals surface area contributed by atoms with E-state index in [-0.39, 0.29) is 5.41 Å². The summed E-state index contributed by atoms with van der Waals surface area (Å²) >= 11 is 0. The molecule has 0 bridgehead atoms. The van der Waals surface area contributed by atoms with Crippen LogP contribution in [0, 0.1) is 22.7 Å². The minimum atomic E-state index is -0.188. The first-order valence-corrected chi connectivity index (χ1v) is 7.75. The zero-order valence-corrected chi connectivity index (χ0v) is 12.5. The molecule has 1 aliphatic carbocycles. The highest BCUT2D eigenvalue weighted by Crippen LogP contribution is 2.37. The molecule has 1 aromatic rings. The Hall–Kier alpha value is -1.56. The molecule has 1 aliphatic heterocycles. The summed E-state index contributed by atoms with van der Waals surface area (Å²) in [5, 5.41) is 9.28. The van der Waals surface area contributed by atoms with Gasteiger partial charge in [-0.3, -0.25) is 4.98 Å². The summed E-state index contributed by atoms with van der Waals surface area (Å²) in [6, 6.07) is 4.66. The molecule has 3 rings (SSSR count). The number of piperidine rings is 1. The molecule has 3 nitrogen and oxygen atoms in total. The van der Waals surface area contributed by atoms with Crippen molar-refractivity contribution in [1.29, 1.82) is 5.26 Å². The Morgan fingerprint density at radius 2 is 2.05 bits per heavy atom. The fraction of sp³-hybridized carbons (Fsp3) is 0.647. The molecule has 0 saturated carbocycles. The fourth-order valence-corrected chi connectivity index (χ4v) is 3.67. The zero-order valence-electron chi connectivity index (χ0n) is 12.5. The van der Waals surface area contributed by atoms with Crippen LogP contribution in [0.15, 0.2) is 12.3 Å². The van der Waals surface area contributed by atoms with Crippen molar-refractivity contribution in [3.05, 3.63) is 23.5 Å². The highest BCUT2D eigenvalue weighted by atomic mass is 15.1. The van der Waals surface area contributed by atoms with Crippen LogP contribution in [0.3, 0.4) is 0 Å². The lowest BCUT2D eigenvalue weighted by Crippen LogP contribution is -2.39. The number of aryl methyl sites for hydroxylation is 1. The van der Waals surface area contributed by atoms with E-state index in [4.69, 9.17) is 0 Å². The van der Waals surface area contributed by atoms with Crippen LogP contribution in [0.2, 0.25) is 0 Å². The average molecular weight is 269 g/mol. The van der Waals surface area contributed by atoms with Crippen molar-refractivity contribution >= 4 is 5.69 Å². The first-order valence-electron chi connectivity index (χ1n) is 7.75. The van der Waals surface area contributed by atoms with E-state index in [1.54, 1.807) is 0 Å². The molecule has 1 fully saturated rings. The van der Waals surface area contributed by atoms with Gasteiger partial charge in [-0.05, 0) is 63.5 Å². The van der Waals surface area contributed by atoms with E-state index < -0.39 is 0 Å². The second kappa shape index (κ2) is 5.09. The molecule has 2 heterocycles. The van der Waals surface area contributed by atoms with Gasteiger partial charge in [0, 0.05) is 30.7 Å². The Balaban J connectivity index is 1.74. The first-order chi connectivity index (χ1) is 9.62. The highest BCUT2D eigenvalue weighted by molar-refractivity contribution is 5.56. The second-order valence-electron chi connectivity index (χ2n) is 6.70. The van der Waals surface area contributed by atoms with Crippen molar-refractivity contribution in [3.8, 4) is 6.07 Å².